The van der Waals surface area contributed by atoms with Crippen molar-refractivity contribution in [2.75, 3.05) is 45.3 Å². The molecule has 1 aliphatic heterocycles. The van der Waals surface area contributed by atoms with Gasteiger partial charge in [-0.05, 0) is 42.8 Å². The zero-order valence-corrected chi connectivity index (χ0v) is 17.5. The Balaban J connectivity index is 1.45. The van der Waals surface area contributed by atoms with Crippen LogP contribution in [0.3, 0.4) is 0 Å². The third-order valence-corrected chi connectivity index (χ3v) is 5.43. The van der Waals surface area contributed by atoms with E-state index in [1.54, 1.807) is 26.4 Å². The summed E-state index contributed by atoms with van der Waals surface area (Å²) >= 11 is 0. The maximum Gasteiger partial charge on any atom is 0.272 e. The molecular weight excluding hydrogens is 380 g/mol. The summed E-state index contributed by atoms with van der Waals surface area (Å²) in [6.07, 6.45) is 0. The van der Waals surface area contributed by atoms with E-state index in [9.17, 15) is 4.79 Å². The van der Waals surface area contributed by atoms with Gasteiger partial charge in [-0.3, -0.25) is 9.89 Å². The lowest BCUT2D eigenvalue weighted by molar-refractivity contribution is 0.0741. The van der Waals surface area contributed by atoms with Crippen LogP contribution in [-0.2, 0) is 0 Å². The van der Waals surface area contributed by atoms with E-state index in [1.165, 1.54) is 11.3 Å². The standard InChI is InChI=1S/C23H26N4O3/c1-16-5-4-6-17(13-16)26-9-11-27(12-10-26)23(28)21-15-20(24-25-21)19-8-7-18(29-2)14-22(19)30-3/h4-8,13-15H,9-12H2,1-3H3,(H,24,25). The molecule has 156 valence electrons. The van der Waals surface area contributed by atoms with Crippen LogP contribution in [0.5, 0.6) is 11.5 Å². The van der Waals surface area contributed by atoms with Crippen molar-refractivity contribution >= 4 is 11.6 Å². The number of aromatic amines is 1. The van der Waals surface area contributed by atoms with Gasteiger partial charge in [-0.2, -0.15) is 5.10 Å². The maximum absolute atomic E-state index is 13.0. The van der Waals surface area contributed by atoms with Crippen molar-refractivity contribution in [1.82, 2.24) is 15.1 Å². The van der Waals surface area contributed by atoms with Gasteiger partial charge in [0, 0.05) is 43.5 Å². The van der Waals surface area contributed by atoms with Gasteiger partial charge in [0.25, 0.3) is 5.91 Å². The van der Waals surface area contributed by atoms with Crippen LogP contribution in [0.15, 0.2) is 48.5 Å². The summed E-state index contributed by atoms with van der Waals surface area (Å²) in [5, 5.41) is 7.22. The number of H-pyrrole nitrogens is 1. The Morgan fingerprint density at radius 3 is 2.50 bits per heavy atom. The van der Waals surface area contributed by atoms with E-state index in [4.69, 9.17) is 9.47 Å². The zero-order valence-electron chi connectivity index (χ0n) is 17.5. The van der Waals surface area contributed by atoms with Crippen LogP contribution in [-0.4, -0.2) is 61.4 Å². The van der Waals surface area contributed by atoms with Gasteiger partial charge in [0.15, 0.2) is 0 Å². The average Bonchev–Trinajstić information content (AvgIpc) is 3.28. The predicted molar refractivity (Wildman–Crippen MR) is 116 cm³/mol. The molecule has 1 amide bonds. The van der Waals surface area contributed by atoms with Crippen molar-refractivity contribution < 1.29 is 14.3 Å². The Kier molecular flexibility index (Phi) is 5.61. The minimum Gasteiger partial charge on any atom is -0.497 e. The molecule has 0 atom stereocenters. The second kappa shape index (κ2) is 8.49. The fourth-order valence-corrected chi connectivity index (χ4v) is 3.74. The van der Waals surface area contributed by atoms with Crippen LogP contribution in [0, 0.1) is 6.92 Å². The number of hydrogen-bond donors (Lipinski definition) is 1. The molecule has 0 radical (unpaired) electrons. The number of ether oxygens (including phenoxy) is 2. The van der Waals surface area contributed by atoms with Crippen molar-refractivity contribution in [2.24, 2.45) is 0 Å². The molecule has 0 bridgehead atoms. The number of methoxy groups -OCH3 is 2. The molecule has 7 nitrogen and oxygen atoms in total. The number of aromatic nitrogens is 2. The third kappa shape index (κ3) is 3.96. The Morgan fingerprint density at radius 1 is 1.00 bits per heavy atom. The highest BCUT2D eigenvalue weighted by atomic mass is 16.5. The van der Waals surface area contributed by atoms with Gasteiger partial charge in [0.1, 0.15) is 17.2 Å². The van der Waals surface area contributed by atoms with E-state index in [0.717, 1.165) is 18.7 Å². The molecule has 1 aliphatic rings. The zero-order chi connectivity index (χ0) is 21.1. The molecule has 30 heavy (non-hydrogen) atoms. The normalized spacial score (nSPS) is 14.0. The van der Waals surface area contributed by atoms with Crippen molar-refractivity contribution in [3.05, 3.63) is 59.8 Å². The van der Waals surface area contributed by atoms with E-state index < -0.39 is 0 Å². The van der Waals surface area contributed by atoms with Crippen LogP contribution in [0.1, 0.15) is 16.1 Å². The van der Waals surface area contributed by atoms with Gasteiger partial charge in [-0.1, -0.05) is 12.1 Å². The van der Waals surface area contributed by atoms with Gasteiger partial charge in [0.2, 0.25) is 0 Å². The molecule has 1 fully saturated rings. The Hall–Kier alpha value is -3.48. The number of piperazine rings is 1. The Morgan fingerprint density at radius 2 is 1.80 bits per heavy atom. The summed E-state index contributed by atoms with van der Waals surface area (Å²) in [6, 6.07) is 15.8. The van der Waals surface area contributed by atoms with Crippen LogP contribution in [0.2, 0.25) is 0 Å². The van der Waals surface area contributed by atoms with Gasteiger partial charge >= 0.3 is 0 Å². The molecule has 0 spiro atoms. The topological polar surface area (TPSA) is 70.7 Å². The van der Waals surface area contributed by atoms with Gasteiger partial charge in [0.05, 0.1) is 19.9 Å². The maximum atomic E-state index is 13.0. The number of carbonyl (C=O) groups is 1. The number of hydrogen-bond acceptors (Lipinski definition) is 5. The molecule has 2 aromatic carbocycles. The fraction of sp³-hybridized carbons (Fsp3) is 0.304. The molecule has 4 rings (SSSR count). The minimum absolute atomic E-state index is 0.0369. The average molecular weight is 406 g/mol. The predicted octanol–water partition coefficient (Wildman–Crippen LogP) is 3.36. The highest BCUT2D eigenvalue weighted by molar-refractivity contribution is 5.93. The van der Waals surface area contributed by atoms with Crippen molar-refractivity contribution in [3.8, 4) is 22.8 Å². The summed E-state index contributed by atoms with van der Waals surface area (Å²) in [5.41, 5.74) is 4.39. The molecular formula is C23H26N4O3. The molecule has 7 heteroatoms. The first kappa shape index (κ1) is 19.8. The second-order valence-electron chi connectivity index (χ2n) is 7.35. The number of benzene rings is 2. The quantitative estimate of drug-likeness (QED) is 0.704. The number of aryl methyl sites for hydroxylation is 1. The number of amides is 1. The Labute approximate surface area is 176 Å². The first-order valence-electron chi connectivity index (χ1n) is 9.97. The van der Waals surface area contributed by atoms with Crippen LogP contribution in [0.4, 0.5) is 5.69 Å². The van der Waals surface area contributed by atoms with Gasteiger partial charge < -0.3 is 19.3 Å². The van der Waals surface area contributed by atoms with E-state index >= 15 is 0 Å². The van der Waals surface area contributed by atoms with Crippen molar-refractivity contribution in [2.45, 2.75) is 6.92 Å². The molecule has 1 aromatic heterocycles. The van der Waals surface area contributed by atoms with Gasteiger partial charge in [-0.25, -0.2) is 0 Å². The number of carbonyl (C=O) groups excluding carboxylic acids is 1. The number of anilines is 1. The van der Waals surface area contributed by atoms with Crippen LogP contribution in [0.25, 0.3) is 11.3 Å². The first-order valence-corrected chi connectivity index (χ1v) is 9.97. The van der Waals surface area contributed by atoms with E-state index in [2.05, 4.69) is 46.3 Å². The summed E-state index contributed by atoms with van der Waals surface area (Å²) < 4.78 is 10.7. The molecule has 0 unspecified atom stereocenters. The first-order chi connectivity index (χ1) is 14.6. The molecule has 0 aliphatic carbocycles. The summed E-state index contributed by atoms with van der Waals surface area (Å²) in [4.78, 5) is 17.2. The summed E-state index contributed by atoms with van der Waals surface area (Å²) in [5.74, 6) is 1.31. The van der Waals surface area contributed by atoms with Crippen molar-refractivity contribution in [1.29, 1.82) is 0 Å². The van der Waals surface area contributed by atoms with Crippen molar-refractivity contribution in [3.63, 3.8) is 0 Å². The second-order valence-corrected chi connectivity index (χ2v) is 7.35. The third-order valence-electron chi connectivity index (χ3n) is 5.43. The summed E-state index contributed by atoms with van der Waals surface area (Å²) in [6.45, 7) is 5.06. The van der Waals surface area contributed by atoms with E-state index in [-0.39, 0.29) is 5.91 Å². The molecule has 2 heterocycles. The highest BCUT2D eigenvalue weighted by Gasteiger charge is 2.24. The SMILES string of the molecule is COc1ccc(-c2cc(C(=O)N3CCN(c4cccc(C)c4)CC3)[nH]n2)c(OC)c1. The lowest BCUT2D eigenvalue weighted by Crippen LogP contribution is -2.48. The fourth-order valence-electron chi connectivity index (χ4n) is 3.74. The molecule has 1 N–H and O–H groups in total. The largest absolute Gasteiger partial charge is 0.497 e. The van der Waals surface area contributed by atoms with Gasteiger partial charge in [-0.15, -0.1) is 0 Å². The number of nitrogens with zero attached hydrogens (tertiary/aromatic N) is 3. The monoisotopic (exact) mass is 406 g/mol. The Bertz CT molecular complexity index is 1040. The molecule has 0 saturated carbocycles. The lowest BCUT2D eigenvalue weighted by Gasteiger charge is -2.36. The molecule has 3 aromatic rings. The lowest BCUT2D eigenvalue weighted by atomic mass is 10.1. The smallest absolute Gasteiger partial charge is 0.272 e. The number of rotatable bonds is 5. The minimum atomic E-state index is -0.0369. The van der Waals surface area contributed by atoms with E-state index in [0.29, 0.717) is 36.0 Å². The summed E-state index contributed by atoms with van der Waals surface area (Å²) in [7, 11) is 3.21. The van der Waals surface area contributed by atoms with Crippen LogP contribution < -0.4 is 14.4 Å². The molecule has 1 saturated heterocycles. The van der Waals surface area contributed by atoms with E-state index in [1.807, 2.05) is 17.0 Å². The van der Waals surface area contributed by atoms with Crippen LogP contribution >= 0.6 is 0 Å². The highest BCUT2D eigenvalue weighted by Crippen LogP contribution is 2.32. The number of nitrogens with one attached hydrogen (secondary N) is 1.